The molecule has 1 aromatic rings. The fourth-order valence-electron chi connectivity index (χ4n) is 5.17. The summed E-state index contributed by atoms with van der Waals surface area (Å²) in [5, 5.41) is 0. The van der Waals surface area contributed by atoms with Crippen molar-refractivity contribution < 1.29 is 18.3 Å². The van der Waals surface area contributed by atoms with Crippen molar-refractivity contribution in [2.75, 3.05) is 13.7 Å². The van der Waals surface area contributed by atoms with Gasteiger partial charge in [-0.2, -0.15) is 8.78 Å². The maximum absolute atomic E-state index is 14.0. The van der Waals surface area contributed by atoms with E-state index < -0.39 is 11.6 Å². The van der Waals surface area contributed by atoms with Crippen LogP contribution in [0.25, 0.3) is 0 Å². The number of halogens is 2. The first-order valence-electron chi connectivity index (χ1n) is 10.8. The predicted octanol–water partition coefficient (Wildman–Crippen LogP) is 6.77. The average molecular weight is 381 g/mol. The summed E-state index contributed by atoms with van der Waals surface area (Å²) in [5.41, 5.74) is 0. The van der Waals surface area contributed by atoms with Crippen LogP contribution in [0, 0.1) is 35.3 Å². The molecule has 0 atom stereocenters. The van der Waals surface area contributed by atoms with Crippen LogP contribution >= 0.6 is 0 Å². The number of benzene rings is 1. The van der Waals surface area contributed by atoms with E-state index in [1.807, 2.05) is 0 Å². The van der Waals surface area contributed by atoms with Crippen LogP contribution in [0.1, 0.15) is 71.1 Å². The molecule has 2 saturated carbocycles. The Balaban J connectivity index is 1.42. The first kappa shape index (κ1) is 20.4. The minimum atomic E-state index is -0.975. The lowest BCUT2D eigenvalue weighted by Crippen LogP contribution is -2.27. The molecular weight excluding hydrogens is 346 g/mol. The van der Waals surface area contributed by atoms with Crippen LogP contribution in [0.4, 0.5) is 8.78 Å². The van der Waals surface area contributed by atoms with Gasteiger partial charge < -0.3 is 9.47 Å². The third-order valence-corrected chi connectivity index (χ3v) is 6.85. The van der Waals surface area contributed by atoms with Gasteiger partial charge in [0, 0.05) is 0 Å². The predicted molar refractivity (Wildman–Crippen MR) is 104 cm³/mol. The molecule has 0 spiro atoms. The molecule has 0 radical (unpaired) electrons. The summed E-state index contributed by atoms with van der Waals surface area (Å²) in [6, 6.07) is 2.87. The normalized spacial score (nSPS) is 28.7. The van der Waals surface area contributed by atoms with E-state index in [0.717, 1.165) is 30.6 Å². The van der Waals surface area contributed by atoms with E-state index >= 15 is 0 Å². The molecule has 0 bridgehead atoms. The maximum Gasteiger partial charge on any atom is 0.204 e. The van der Waals surface area contributed by atoms with Crippen LogP contribution in [0.2, 0.25) is 0 Å². The SMILES string of the molecule is CCC[C@H]1CC[C@H]([C@H]2CC[C@H](COc3ccc(OC)c(F)c3F)CC2)CC1. The van der Waals surface area contributed by atoms with Gasteiger partial charge in [0.2, 0.25) is 11.6 Å². The summed E-state index contributed by atoms with van der Waals surface area (Å²) in [6.07, 6.45) is 13.2. The Morgan fingerprint density at radius 3 is 1.89 bits per heavy atom. The molecule has 27 heavy (non-hydrogen) atoms. The Morgan fingerprint density at radius 2 is 1.33 bits per heavy atom. The number of hydrogen-bond donors (Lipinski definition) is 0. The molecule has 0 aliphatic heterocycles. The summed E-state index contributed by atoms with van der Waals surface area (Å²) in [5.74, 6) is 1.16. The molecule has 2 aliphatic carbocycles. The zero-order valence-corrected chi connectivity index (χ0v) is 16.8. The van der Waals surface area contributed by atoms with E-state index in [0.29, 0.717) is 12.5 Å². The second-order valence-corrected chi connectivity index (χ2v) is 8.56. The van der Waals surface area contributed by atoms with Gasteiger partial charge in [-0.1, -0.05) is 32.6 Å². The van der Waals surface area contributed by atoms with Crippen molar-refractivity contribution in [1.29, 1.82) is 0 Å². The molecule has 0 aromatic heterocycles. The van der Waals surface area contributed by atoms with Gasteiger partial charge in [0.1, 0.15) is 0 Å². The molecule has 0 saturated heterocycles. The van der Waals surface area contributed by atoms with E-state index in [-0.39, 0.29) is 11.5 Å². The first-order valence-corrected chi connectivity index (χ1v) is 10.8. The van der Waals surface area contributed by atoms with Gasteiger partial charge in [-0.25, -0.2) is 0 Å². The van der Waals surface area contributed by atoms with Crippen molar-refractivity contribution >= 4 is 0 Å². The van der Waals surface area contributed by atoms with Crippen LogP contribution in [-0.2, 0) is 0 Å². The third kappa shape index (κ3) is 5.14. The largest absolute Gasteiger partial charge is 0.494 e. The van der Waals surface area contributed by atoms with E-state index in [2.05, 4.69) is 6.92 Å². The van der Waals surface area contributed by atoms with Gasteiger partial charge in [0.15, 0.2) is 11.5 Å². The molecule has 0 heterocycles. The van der Waals surface area contributed by atoms with Crippen molar-refractivity contribution in [2.45, 2.75) is 71.1 Å². The van der Waals surface area contributed by atoms with Crippen molar-refractivity contribution in [2.24, 2.45) is 23.7 Å². The molecule has 0 unspecified atom stereocenters. The molecule has 1 aromatic carbocycles. The molecule has 4 heteroatoms. The number of ether oxygens (including phenoxy) is 2. The summed E-state index contributed by atoms with van der Waals surface area (Å²) >= 11 is 0. The quantitative estimate of drug-likeness (QED) is 0.520. The van der Waals surface area contributed by atoms with Crippen molar-refractivity contribution in [3.63, 3.8) is 0 Å². The zero-order valence-electron chi connectivity index (χ0n) is 16.8. The average Bonchev–Trinajstić information content (AvgIpc) is 2.70. The minimum Gasteiger partial charge on any atom is -0.494 e. The Kier molecular flexibility index (Phi) is 7.37. The molecule has 3 rings (SSSR count). The minimum absolute atomic E-state index is 0.00956. The number of methoxy groups -OCH3 is 1. The standard InChI is InChI=1S/C23H34F2O2/c1-3-4-16-5-9-18(10-6-16)19-11-7-17(8-12-19)15-27-21-14-13-20(26-2)22(24)23(21)25/h13-14,16-19H,3-12,15H2,1-2H3/t16-,17-,18-,19-. The van der Waals surface area contributed by atoms with Crippen LogP contribution in [0.3, 0.4) is 0 Å². The van der Waals surface area contributed by atoms with Crippen LogP contribution in [-0.4, -0.2) is 13.7 Å². The Hall–Kier alpha value is -1.32. The summed E-state index contributed by atoms with van der Waals surface area (Å²) in [7, 11) is 1.33. The molecular formula is C23H34F2O2. The van der Waals surface area contributed by atoms with Crippen LogP contribution in [0.5, 0.6) is 11.5 Å². The Bertz CT molecular complexity index is 588. The maximum atomic E-state index is 14.0. The lowest BCUT2D eigenvalue weighted by Gasteiger charge is -2.37. The third-order valence-electron chi connectivity index (χ3n) is 6.85. The zero-order chi connectivity index (χ0) is 19.2. The molecule has 2 fully saturated rings. The number of rotatable bonds is 7. The summed E-state index contributed by atoms with van der Waals surface area (Å²) < 4.78 is 38.2. The van der Waals surface area contributed by atoms with Gasteiger partial charge >= 0.3 is 0 Å². The first-order chi connectivity index (χ1) is 13.1. The Morgan fingerprint density at radius 1 is 0.815 bits per heavy atom. The summed E-state index contributed by atoms with van der Waals surface area (Å²) in [6.45, 7) is 2.76. The van der Waals surface area contributed by atoms with Gasteiger partial charge in [-0.3, -0.25) is 0 Å². The van der Waals surface area contributed by atoms with E-state index in [1.54, 1.807) is 0 Å². The van der Waals surface area contributed by atoms with Crippen molar-refractivity contribution in [1.82, 2.24) is 0 Å². The van der Waals surface area contributed by atoms with E-state index in [4.69, 9.17) is 9.47 Å². The highest BCUT2D eigenvalue weighted by Crippen LogP contribution is 2.42. The highest BCUT2D eigenvalue weighted by molar-refractivity contribution is 5.34. The molecule has 2 aliphatic rings. The van der Waals surface area contributed by atoms with Gasteiger partial charge in [-0.15, -0.1) is 0 Å². The van der Waals surface area contributed by atoms with Crippen molar-refractivity contribution in [3.05, 3.63) is 23.8 Å². The highest BCUT2D eigenvalue weighted by Gasteiger charge is 2.31. The fraction of sp³-hybridized carbons (Fsp3) is 0.739. The molecule has 2 nitrogen and oxygen atoms in total. The smallest absolute Gasteiger partial charge is 0.204 e. The highest BCUT2D eigenvalue weighted by atomic mass is 19.2. The van der Waals surface area contributed by atoms with Gasteiger partial charge in [-0.05, 0) is 74.3 Å². The Labute approximate surface area is 162 Å². The molecule has 152 valence electrons. The lowest BCUT2D eigenvalue weighted by atomic mass is 9.69. The fourth-order valence-corrected chi connectivity index (χ4v) is 5.17. The monoisotopic (exact) mass is 380 g/mol. The van der Waals surface area contributed by atoms with E-state index in [1.165, 1.54) is 70.6 Å². The topological polar surface area (TPSA) is 18.5 Å². The van der Waals surface area contributed by atoms with Crippen LogP contribution < -0.4 is 9.47 Å². The van der Waals surface area contributed by atoms with Crippen molar-refractivity contribution in [3.8, 4) is 11.5 Å². The van der Waals surface area contributed by atoms with Crippen LogP contribution in [0.15, 0.2) is 12.1 Å². The number of hydrogen-bond acceptors (Lipinski definition) is 2. The summed E-state index contributed by atoms with van der Waals surface area (Å²) in [4.78, 5) is 0. The van der Waals surface area contributed by atoms with Gasteiger partial charge in [0.25, 0.3) is 0 Å². The second-order valence-electron chi connectivity index (χ2n) is 8.56. The molecule has 0 N–H and O–H groups in total. The molecule has 0 amide bonds. The van der Waals surface area contributed by atoms with E-state index in [9.17, 15) is 8.78 Å². The second kappa shape index (κ2) is 9.75. The van der Waals surface area contributed by atoms with Gasteiger partial charge in [0.05, 0.1) is 13.7 Å². The lowest BCUT2D eigenvalue weighted by molar-refractivity contribution is 0.120.